The lowest BCUT2D eigenvalue weighted by molar-refractivity contribution is -0.143. The summed E-state index contributed by atoms with van der Waals surface area (Å²) in [6.45, 7) is 3.52. The van der Waals surface area contributed by atoms with Crippen LogP contribution in [0.2, 0.25) is 0 Å². The van der Waals surface area contributed by atoms with E-state index in [-0.39, 0.29) is 18.2 Å². The third-order valence-corrected chi connectivity index (χ3v) is 8.85. The fourth-order valence-corrected chi connectivity index (χ4v) is 6.44. The maximum Gasteiger partial charge on any atom is 0.339 e. The summed E-state index contributed by atoms with van der Waals surface area (Å²) in [6, 6.07) is 20.1. The van der Waals surface area contributed by atoms with Gasteiger partial charge in [0.25, 0.3) is 0 Å². The molecule has 1 saturated carbocycles. The standard InChI is InChI=1S/C33H35NO5/c1-22-28-12-11-27(38-21-23-9-10-24-6-2-3-7-25(24)18-23)19-30(28)39-32(36)29(22)13-14-31(35)34-17-16-33(37)15-5-4-8-26(33)20-34/h2-3,6-7,9-12,18-19,26,37H,4-5,8,13-17,20-21H2,1H3/t26-,33+/m1/s1. The van der Waals surface area contributed by atoms with Crippen LogP contribution in [0, 0.1) is 12.8 Å². The normalized spacial score (nSPS) is 21.2. The van der Waals surface area contributed by atoms with Crippen LogP contribution in [-0.4, -0.2) is 34.6 Å². The molecule has 2 heterocycles. The van der Waals surface area contributed by atoms with Crippen LogP contribution in [0.5, 0.6) is 5.75 Å². The lowest BCUT2D eigenvalue weighted by Gasteiger charge is -2.47. The number of fused-ring (bicyclic) bond motifs is 3. The third-order valence-electron chi connectivity index (χ3n) is 8.85. The number of aliphatic hydroxyl groups is 1. The number of rotatable bonds is 6. The molecule has 2 aliphatic rings. The van der Waals surface area contributed by atoms with Crippen LogP contribution in [0.4, 0.5) is 0 Å². The fraction of sp³-hybridized carbons (Fsp3) is 0.394. The molecule has 6 rings (SSSR count). The van der Waals surface area contributed by atoms with Gasteiger partial charge in [0, 0.05) is 42.4 Å². The number of hydrogen-bond acceptors (Lipinski definition) is 5. The van der Waals surface area contributed by atoms with Crippen molar-refractivity contribution in [1.82, 2.24) is 4.90 Å². The molecule has 1 aliphatic carbocycles. The topological polar surface area (TPSA) is 80.0 Å². The minimum absolute atomic E-state index is 0.0407. The van der Waals surface area contributed by atoms with Crippen molar-refractivity contribution >= 4 is 27.6 Å². The maximum absolute atomic E-state index is 13.0. The van der Waals surface area contributed by atoms with Gasteiger partial charge in [-0.05, 0) is 72.7 Å². The van der Waals surface area contributed by atoms with Gasteiger partial charge in [0.2, 0.25) is 5.91 Å². The second kappa shape index (κ2) is 10.5. The van der Waals surface area contributed by atoms with Crippen molar-refractivity contribution in [3.8, 4) is 5.75 Å². The molecular weight excluding hydrogens is 490 g/mol. The minimum Gasteiger partial charge on any atom is -0.489 e. The molecule has 2 fully saturated rings. The Balaban J connectivity index is 1.12. The number of aryl methyl sites for hydroxylation is 1. The highest BCUT2D eigenvalue weighted by atomic mass is 16.5. The van der Waals surface area contributed by atoms with Gasteiger partial charge in [0.1, 0.15) is 17.9 Å². The van der Waals surface area contributed by atoms with Gasteiger partial charge in [-0.2, -0.15) is 0 Å². The Hall–Kier alpha value is -3.64. The van der Waals surface area contributed by atoms with Gasteiger partial charge in [-0.1, -0.05) is 49.2 Å². The average molecular weight is 526 g/mol. The molecule has 4 aromatic rings. The molecule has 0 radical (unpaired) electrons. The third kappa shape index (κ3) is 5.18. The number of carbonyl (C=O) groups is 1. The van der Waals surface area contributed by atoms with Crippen molar-refractivity contribution < 1.29 is 19.1 Å². The number of carbonyl (C=O) groups excluding carboxylic acids is 1. The molecule has 1 N–H and O–H groups in total. The number of piperidine rings is 1. The van der Waals surface area contributed by atoms with Crippen LogP contribution in [-0.2, 0) is 17.8 Å². The van der Waals surface area contributed by atoms with E-state index in [1.54, 1.807) is 6.07 Å². The van der Waals surface area contributed by atoms with Gasteiger partial charge in [-0.15, -0.1) is 0 Å². The number of nitrogens with zero attached hydrogens (tertiary/aromatic N) is 1. The Bertz CT molecular complexity index is 1590. The molecule has 1 amide bonds. The molecule has 6 heteroatoms. The quantitative estimate of drug-likeness (QED) is 0.316. The second-order valence-corrected chi connectivity index (χ2v) is 11.3. The molecule has 202 valence electrons. The first-order valence-corrected chi connectivity index (χ1v) is 14.1. The Labute approximate surface area is 228 Å². The highest BCUT2D eigenvalue weighted by Crippen LogP contribution is 2.40. The van der Waals surface area contributed by atoms with Crippen molar-refractivity contribution in [2.24, 2.45) is 5.92 Å². The second-order valence-electron chi connectivity index (χ2n) is 11.3. The van der Waals surface area contributed by atoms with Crippen molar-refractivity contribution in [3.05, 3.63) is 87.8 Å². The highest BCUT2D eigenvalue weighted by molar-refractivity contribution is 5.84. The first-order chi connectivity index (χ1) is 18.9. The van der Waals surface area contributed by atoms with Gasteiger partial charge < -0.3 is 19.2 Å². The first-order valence-electron chi connectivity index (χ1n) is 14.1. The van der Waals surface area contributed by atoms with Gasteiger partial charge in [0.15, 0.2) is 0 Å². The fourth-order valence-electron chi connectivity index (χ4n) is 6.44. The summed E-state index contributed by atoms with van der Waals surface area (Å²) in [5.74, 6) is 0.835. The smallest absolute Gasteiger partial charge is 0.339 e. The van der Waals surface area contributed by atoms with E-state index in [4.69, 9.17) is 9.15 Å². The van der Waals surface area contributed by atoms with Gasteiger partial charge in [0.05, 0.1) is 5.60 Å². The molecule has 1 saturated heterocycles. The number of likely N-dealkylation sites (tertiary alicyclic amines) is 1. The van der Waals surface area contributed by atoms with E-state index in [2.05, 4.69) is 30.3 Å². The molecule has 0 bridgehead atoms. The van der Waals surface area contributed by atoms with Crippen LogP contribution < -0.4 is 10.4 Å². The summed E-state index contributed by atoms with van der Waals surface area (Å²) in [7, 11) is 0. The van der Waals surface area contributed by atoms with E-state index in [0.29, 0.717) is 49.4 Å². The SMILES string of the molecule is Cc1c(CCC(=O)N2CC[C@@]3(O)CCCC[C@@H]3C2)c(=O)oc2cc(OCc3ccc4ccccc4c3)ccc12. The monoisotopic (exact) mass is 525 g/mol. The zero-order valence-corrected chi connectivity index (χ0v) is 22.4. The van der Waals surface area contributed by atoms with Crippen LogP contribution >= 0.6 is 0 Å². The lowest BCUT2D eigenvalue weighted by atomic mass is 9.71. The summed E-state index contributed by atoms with van der Waals surface area (Å²) in [6.07, 6.45) is 5.24. The van der Waals surface area contributed by atoms with Crippen molar-refractivity contribution in [1.29, 1.82) is 0 Å². The Morgan fingerprint density at radius 3 is 2.79 bits per heavy atom. The van der Waals surface area contributed by atoms with Crippen molar-refractivity contribution in [2.75, 3.05) is 13.1 Å². The molecular formula is C33H35NO5. The molecule has 3 aromatic carbocycles. The predicted molar refractivity (Wildman–Crippen MR) is 152 cm³/mol. The van der Waals surface area contributed by atoms with E-state index in [0.717, 1.165) is 42.2 Å². The zero-order chi connectivity index (χ0) is 27.0. The summed E-state index contributed by atoms with van der Waals surface area (Å²) in [5, 5.41) is 14.1. The van der Waals surface area contributed by atoms with Gasteiger partial charge in [-0.25, -0.2) is 4.79 Å². The summed E-state index contributed by atoms with van der Waals surface area (Å²) in [5.41, 5.74) is 1.93. The highest BCUT2D eigenvalue weighted by Gasteiger charge is 2.43. The van der Waals surface area contributed by atoms with E-state index in [1.807, 2.05) is 36.1 Å². The Morgan fingerprint density at radius 1 is 1.08 bits per heavy atom. The van der Waals surface area contributed by atoms with Gasteiger partial charge >= 0.3 is 5.63 Å². The van der Waals surface area contributed by atoms with Crippen LogP contribution in [0.25, 0.3) is 21.7 Å². The van der Waals surface area contributed by atoms with E-state index >= 15 is 0 Å². The van der Waals surface area contributed by atoms with E-state index in [1.165, 1.54) is 10.8 Å². The molecule has 1 aliphatic heterocycles. The van der Waals surface area contributed by atoms with Crippen molar-refractivity contribution in [2.45, 2.75) is 64.1 Å². The summed E-state index contributed by atoms with van der Waals surface area (Å²) in [4.78, 5) is 27.8. The number of benzene rings is 3. The largest absolute Gasteiger partial charge is 0.489 e. The van der Waals surface area contributed by atoms with Crippen LogP contribution in [0.3, 0.4) is 0 Å². The van der Waals surface area contributed by atoms with Gasteiger partial charge in [-0.3, -0.25) is 4.79 Å². The predicted octanol–water partition coefficient (Wildman–Crippen LogP) is 5.92. The van der Waals surface area contributed by atoms with Crippen molar-refractivity contribution in [3.63, 3.8) is 0 Å². The van der Waals surface area contributed by atoms with Crippen LogP contribution in [0.15, 0.2) is 69.9 Å². The molecule has 6 nitrogen and oxygen atoms in total. The molecule has 0 unspecified atom stereocenters. The van der Waals surface area contributed by atoms with E-state index < -0.39 is 11.2 Å². The average Bonchev–Trinajstić information content (AvgIpc) is 2.95. The summed E-state index contributed by atoms with van der Waals surface area (Å²) < 4.78 is 11.7. The summed E-state index contributed by atoms with van der Waals surface area (Å²) >= 11 is 0. The number of hydrogen-bond donors (Lipinski definition) is 1. The Kier molecular flexibility index (Phi) is 6.90. The Morgan fingerprint density at radius 2 is 1.92 bits per heavy atom. The molecule has 39 heavy (non-hydrogen) atoms. The first kappa shape index (κ1) is 25.6. The number of ether oxygens (including phenoxy) is 1. The maximum atomic E-state index is 13.0. The molecule has 2 atom stereocenters. The minimum atomic E-state index is -0.608. The van der Waals surface area contributed by atoms with E-state index in [9.17, 15) is 14.7 Å². The number of amides is 1. The van der Waals surface area contributed by atoms with Crippen LogP contribution in [0.1, 0.15) is 55.2 Å². The molecule has 1 aromatic heterocycles. The molecule has 0 spiro atoms. The lowest BCUT2D eigenvalue weighted by Crippen LogP contribution is -2.54. The zero-order valence-electron chi connectivity index (χ0n) is 22.4.